The molecular formula is C18H17F6N2O10+. The molecule has 0 amide bonds. The monoisotopic (exact) mass is 535 g/mol. The molecule has 200 valence electrons. The molecule has 1 heterocycles. The van der Waals surface area contributed by atoms with Crippen LogP contribution in [-0.2, 0) is 30.5 Å². The van der Waals surface area contributed by atoms with E-state index in [1.54, 1.807) is 0 Å². The Morgan fingerprint density at radius 3 is 2.31 bits per heavy atom. The maximum atomic E-state index is 13.7. The van der Waals surface area contributed by atoms with Crippen LogP contribution in [0.4, 0.5) is 26.3 Å². The van der Waals surface area contributed by atoms with Gasteiger partial charge in [0.15, 0.2) is 13.2 Å². The van der Waals surface area contributed by atoms with Gasteiger partial charge in [0.1, 0.15) is 23.0 Å². The van der Waals surface area contributed by atoms with Gasteiger partial charge in [0.05, 0.1) is 5.57 Å². The van der Waals surface area contributed by atoms with Crippen molar-refractivity contribution in [3.63, 3.8) is 0 Å². The lowest BCUT2D eigenvalue weighted by atomic mass is 9.97. The van der Waals surface area contributed by atoms with E-state index in [1.807, 2.05) is 0 Å². The molecule has 2 unspecified atom stereocenters. The third-order valence-corrected chi connectivity index (χ3v) is 4.30. The summed E-state index contributed by atoms with van der Waals surface area (Å²) >= 11 is 0. The Balaban J connectivity index is 2.45. The van der Waals surface area contributed by atoms with E-state index < -0.39 is 71.2 Å². The van der Waals surface area contributed by atoms with Gasteiger partial charge in [0, 0.05) is 5.56 Å². The first-order chi connectivity index (χ1) is 16.6. The first-order valence-corrected chi connectivity index (χ1v) is 9.64. The van der Waals surface area contributed by atoms with Crippen molar-refractivity contribution in [3.8, 4) is 11.5 Å². The zero-order valence-electron chi connectivity index (χ0n) is 18.3. The van der Waals surface area contributed by atoms with Gasteiger partial charge >= 0.3 is 23.6 Å². The molecule has 0 saturated heterocycles. The predicted molar refractivity (Wildman–Crippen MR) is 100 cm³/mol. The second-order valence-corrected chi connectivity index (χ2v) is 6.79. The predicted octanol–water partition coefficient (Wildman–Crippen LogP) is 3.25. The van der Waals surface area contributed by atoms with Crippen LogP contribution in [-0.4, -0.2) is 61.2 Å². The Hall–Kier alpha value is -3.99. The van der Waals surface area contributed by atoms with Gasteiger partial charge in [-0.1, -0.05) is 6.92 Å². The number of aryl methyl sites for hydroxylation is 1. The van der Waals surface area contributed by atoms with Crippen molar-refractivity contribution in [2.24, 2.45) is 0 Å². The second kappa shape index (κ2) is 11.2. The smallest absolute Gasteiger partial charge is 0.475 e. The highest BCUT2D eigenvalue weighted by Gasteiger charge is 2.49. The molecule has 0 aliphatic carbocycles. The summed E-state index contributed by atoms with van der Waals surface area (Å²) in [7, 11) is 0.873. The fourth-order valence-corrected chi connectivity index (χ4v) is 2.90. The minimum atomic E-state index is -5.19. The maximum absolute atomic E-state index is 13.7. The number of benzene rings is 1. The number of rotatable bonds is 11. The van der Waals surface area contributed by atoms with Crippen molar-refractivity contribution >= 4 is 12.0 Å². The number of carbonyl (C=O) groups excluding carboxylic acids is 1. The molecule has 0 saturated carbocycles. The van der Waals surface area contributed by atoms with Gasteiger partial charge in [-0.15, -0.1) is 23.3 Å². The fourth-order valence-electron chi connectivity index (χ4n) is 2.90. The number of halogens is 6. The van der Waals surface area contributed by atoms with Crippen molar-refractivity contribution in [1.29, 1.82) is 0 Å². The number of carbonyl (C=O) groups is 1. The van der Waals surface area contributed by atoms with Crippen LogP contribution < -0.4 is 9.47 Å². The highest BCUT2D eigenvalue weighted by atomic mass is 19.4. The maximum Gasteiger partial charge on any atom is 0.573 e. The van der Waals surface area contributed by atoms with Crippen LogP contribution >= 0.6 is 0 Å². The largest absolute Gasteiger partial charge is 0.573 e. The van der Waals surface area contributed by atoms with Crippen LogP contribution in [0.2, 0.25) is 0 Å². The Bertz CT molecular complexity index is 1030. The fraction of sp³-hybridized carbons (Fsp3) is 0.500. The normalized spacial score (nSPS) is 16.0. The van der Waals surface area contributed by atoms with Gasteiger partial charge in [-0.25, -0.2) is 4.79 Å². The zero-order chi connectivity index (χ0) is 27.3. The molecule has 2 atom stereocenters. The van der Waals surface area contributed by atoms with Crippen LogP contribution in [0.1, 0.15) is 18.1 Å². The van der Waals surface area contributed by atoms with E-state index in [0.717, 1.165) is 13.2 Å². The number of ether oxygens (including phenoxy) is 3. The van der Waals surface area contributed by atoms with Gasteiger partial charge in [0.25, 0.3) is 5.09 Å². The van der Waals surface area contributed by atoms with Crippen molar-refractivity contribution in [3.05, 3.63) is 43.9 Å². The third kappa shape index (κ3) is 7.77. The van der Waals surface area contributed by atoms with E-state index in [0.29, 0.717) is 12.1 Å². The Labute approximate surface area is 196 Å². The summed E-state index contributed by atoms with van der Waals surface area (Å²) in [5.74, 6) is -2.96. The lowest BCUT2D eigenvalue weighted by Gasteiger charge is -2.30. The Morgan fingerprint density at radius 1 is 1.14 bits per heavy atom. The number of nitrogens with zero attached hydrogens (tertiary/aromatic N) is 2. The van der Waals surface area contributed by atoms with Gasteiger partial charge < -0.3 is 19.0 Å². The summed E-state index contributed by atoms with van der Waals surface area (Å²) in [6, 6.07) is 1.54. The molecule has 0 fully saturated rings. The highest BCUT2D eigenvalue weighted by molar-refractivity contribution is 5.96. The Kier molecular flexibility index (Phi) is 8.76. The van der Waals surface area contributed by atoms with E-state index in [9.17, 15) is 46.2 Å². The minimum Gasteiger partial charge on any atom is -0.475 e. The topological polar surface area (TPSA) is 136 Å². The molecule has 0 spiro atoms. The van der Waals surface area contributed by atoms with Gasteiger partial charge in [0.2, 0.25) is 12.7 Å². The highest BCUT2D eigenvalue weighted by Crippen LogP contribution is 2.42. The zero-order valence-corrected chi connectivity index (χ0v) is 18.3. The first kappa shape index (κ1) is 28.2. The molecular weight excluding hydrogens is 518 g/mol. The van der Waals surface area contributed by atoms with Gasteiger partial charge in [-0.2, -0.15) is 22.8 Å². The van der Waals surface area contributed by atoms with Gasteiger partial charge in [-0.05, 0) is 30.2 Å². The summed E-state index contributed by atoms with van der Waals surface area (Å²) < 4.78 is 92.7. The molecule has 1 aliphatic rings. The number of esters is 1. The summed E-state index contributed by atoms with van der Waals surface area (Å²) in [6.07, 6.45) is -14.5. The molecule has 0 bridgehead atoms. The number of fused-ring (bicyclic) bond motifs is 1. The SMILES string of the molecule is CCc1cc(OC(F)(F)F)cc2c1OC(C(F)(F)F)C(C(=O)OC(CO[N+](=O)[O-])CO[N+](=O)OC)=C2. The van der Waals surface area contributed by atoms with E-state index in [2.05, 4.69) is 19.2 Å². The summed E-state index contributed by atoms with van der Waals surface area (Å²) in [6.45, 7) is -0.561. The molecule has 1 aromatic rings. The quantitative estimate of drug-likeness (QED) is 0.180. The third-order valence-electron chi connectivity index (χ3n) is 4.30. The molecule has 18 heteroatoms. The molecule has 0 radical (unpaired) electrons. The van der Waals surface area contributed by atoms with Crippen LogP contribution in [0.5, 0.6) is 11.5 Å². The van der Waals surface area contributed by atoms with E-state index in [1.165, 1.54) is 6.92 Å². The van der Waals surface area contributed by atoms with Crippen molar-refractivity contribution in [2.45, 2.75) is 38.1 Å². The standard InChI is InChI=1S/C18H17F6N2O10/c1-3-9-4-11(36-18(22,23)24)5-10-6-13(15(17(19,20)21)35-14(9)10)16(27)34-12(7-32-25(28)29)8-33-26(30)31-2/h4-6,12,15H,3,7-8H2,1-2H3/q+1. The van der Waals surface area contributed by atoms with Gasteiger partial charge in [-0.3, -0.25) is 0 Å². The van der Waals surface area contributed by atoms with E-state index >= 15 is 0 Å². The van der Waals surface area contributed by atoms with Crippen molar-refractivity contribution < 1.29 is 70.0 Å². The van der Waals surface area contributed by atoms with Crippen LogP contribution in [0, 0.1) is 15.0 Å². The Morgan fingerprint density at radius 2 is 1.78 bits per heavy atom. The van der Waals surface area contributed by atoms with Crippen molar-refractivity contribution in [2.75, 3.05) is 20.3 Å². The van der Waals surface area contributed by atoms with Crippen LogP contribution in [0.15, 0.2) is 17.7 Å². The summed E-state index contributed by atoms with van der Waals surface area (Å²) in [5.41, 5.74) is -1.65. The average Bonchev–Trinajstić information content (AvgIpc) is 2.77. The minimum absolute atomic E-state index is 0.0571. The lowest BCUT2D eigenvalue weighted by molar-refractivity contribution is -0.977. The molecule has 2 rings (SSSR count). The van der Waals surface area contributed by atoms with Crippen LogP contribution in [0.3, 0.4) is 0 Å². The molecule has 12 nitrogen and oxygen atoms in total. The number of hydrogen-bond donors (Lipinski definition) is 0. The van der Waals surface area contributed by atoms with E-state index in [4.69, 9.17) is 9.47 Å². The molecule has 0 N–H and O–H groups in total. The van der Waals surface area contributed by atoms with E-state index in [-0.39, 0.29) is 17.5 Å². The molecule has 1 aliphatic heterocycles. The summed E-state index contributed by atoms with van der Waals surface area (Å²) in [5, 5.41) is 8.64. The van der Waals surface area contributed by atoms with Crippen LogP contribution in [0.25, 0.3) is 6.08 Å². The van der Waals surface area contributed by atoms with Crippen molar-refractivity contribution in [1.82, 2.24) is 0 Å². The second-order valence-electron chi connectivity index (χ2n) is 6.79. The lowest BCUT2D eigenvalue weighted by Crippen LogP contribution is -2.42. The molecule has 36 heavy (non-hydrogen) atoms. The average molecular weight is 535 g/mol. The number of alkyl halides is 6. The molecule has 1 aromatic carbocycles. The first-order valence-electron chi connectivity index (χ1n) is 9.64. The summed E-state index contributed by atoms with van der Waals surface area (Å²) in [4.78, 5) is 46.6. The molecule has 0 aromatic heterocycles. The number of hydrogen-bond acceptors (Lipinski definition) is 10.